The van der Waals surface area contributed by atoms with Crippen molar-refractivity contribution < 1.29 is 0 Å². The molecule has 0 bridgehead atoms. The molecule has 1 saturated heterocycles. The molecule has 1 N–H and O–H groups in total. The highest BCUT2D eigenvalue weighted by Crippen LogP contribution is 2.31. The Bertz CT molecular complexity index is 475. The average molecular weight is 311 g/mol. The number of nitrogens with one attached hydrogen (secondary N) is 1. The Hall–Kier alpha value is -0.580. The fourth-order valence-corrected chi connectivity index (χ4v) is 3.52. The van der Waals surface area contributed by atoms with E-state index in [2.05, 4.69) is 26.9 Å². The lowest BCUT2D eigenvalue weighted by atomic mass is 10.2. The third-order valence-corrected chi connectivity index (χ3v) is 5.17. The summed E-state index contributed by atoms with van der Waals surface area (Å²) in [6.45, 7) is 9.49. The van der Waals surface area contributed by atoms with E-state index in [-0.39, 0.29) is 0 Å². The van der Waals surface area contributed by atoms with Crippen LogP contribution in [0.15, 0.2) is 0 Å². The predicted octanol–water partition coefficient (Wildman–Crippen LogP) is 2.83. The van der Waals surface area contributed by atoms with Crippen molar-refractivity contribution in [2.75, 3.05) is 19.6 Å². The molecule has 1 aromatic rings. The minimum Gasteiger partial charge on any atom is -0.313 e. The smallest absolute Gasteiger partial charge is 0.0860 e. The molecule has 2 heterocycles. The van der Waals surface area contributed by atoms with Gasteiger partial charge < -0.3 is 5.32 Å². The maximum absolute atomic E-state index is 6.48. The van der Waals surface area contributed by atoms with Gasteiger partial charge in [-0.05, 0) is 52.0 Å². The standard InChI is InChI=1S/C16H27ClN4/c1-3-21-15(16(17)12(2)19-21)11-20(9-13-6-7-13)10-14-5-4-8-18-14/h13-14,18H,3-11H2,1-2H3. The van der Waals surface area contributed by atoms with Gasteiger partial charge in [0.25, 0.3) is 0 Å². The van der Waals surface area contributed by atoms with E-state index >= 15 is 0 Å². The predicted molar refractivity (Wildman–Crippen MR) is 86.7 cm³/mol. The van der Waals surface area contributed by atoms with E-state index in [4.69, 9.17) is 11.6 Å². The number of aryl methyl sites for hydroxylation is 2. The summed E-state index contributed by atoms with van der Waals surface area (Å²) in [4.78, 5) is 2.59. The molecule has 1 atom stereocenters. The number of aromatic nitrogens is 2. The molecule has 21 heavy (non-hydrogen) atoms. The molecule has 1 aliphatic carbocycles. The Kier molecular flexibility index (Phi) is 4.87. The Morgan fingerprint density at radius 2 is 2.14 bits per heavy atom. The van der Waals surface area contributed by atoms with Crippen LogP contribution >= 0.6 is 11.6 Å². The quantitative estimate of drug-likeness (QED) is 0.840. The zero-order valence-electron chi connectivity index (χ0n) is 13.2. The summed E-state index contributed by atoms with van der Waals surface area (Å²) in [5.41, 5.74) is 2.15. The molecule has 1 aromatic heterocycles. The van der Waals surface area contributed by atoms with Crippen molar-refractivity contribution in [2.45, 2.75) is 58.7 Å². The summed E-state index contributed by atoms with van der Waals surface area (Å²) in [5.74, 6) is 0.907. The van der Waals surface area contributed by atoms with Crippen LogP contribution in [0.1, 0.15) is 44.0 Å². The molecule has 0 amide bonds. The van der Waals surface area contributed by atoms with Crippen LogP contribution in [0, 0.1) is 12.8 Å². The van der Waals surface area contributed by atoms with Crippen molar-refractivity contribution >= 4 is 11.6 Å². The Labute approximate surface area is 132 Å². The van der Waals surface area contributed by atoms with Crippen molar-refractivity contribution in [3.05, 3.63) is 16.4 Å². The Morgan fingerprint density at radius 3 is 2.76 bits per heavy atom. The molecule has 0 spiro atoms. The van der Waals surface area contributed by atoms with E-state index in [0.717, 1.165) is 36.3 Å². The van der Waals surface area contributed by atoms with E-state index in [1.165, 1.54) is 44.5 Å². The van der Waals surface area contributed by atoms with Crippen molar-refractivity contribution in [3.8, 4) is 0 Å². The molecule has 0 aromatic carbocycles. The second-order valence-corrected chi connectivity index (χ2v) is 6.97. The zero-order chi connectivity index (χ0) is 14.8. The maximum atomic E-state index is 6.48. The highest BCUT2D eigenvalue weighted by Gasteiger charge is 2.27. The van der Waals surface area contributed by atoms with Gasteiger partial charge in [0, 0.05) is 32.2 Å². The Balaban J connectivity index is 1.70. The molecule has 1 unspecified atom stereocenters. The minimum atomic E-state index is 0.654. The number of hydrogen-bond acceptors (Lipinski definition) is 3. The molecular formula is C16H27ClN4. The molecule has 4 nitrogen and oxygen atoms in total. The third-order valence-electron chi connectivity index (χ3n) is 4.68. The lowest BCUT2D eigenvalue weighted by Gasteiger charge is -2.26. The SMILES string of the molecule is CCn1nc(C)c(Cl)c1CN(CC1CC1)CC1CCCN1. The van der Waals surface area contributed by atoms with Crippen molar-refractivity contribution in [2.24, 2.45) is 5.92 Å². The summed E-state index contributed by atoms with van der Waals surface area (Å²) in [7, 11) is 0. The lowest BCUT2D eigenvalue weighted by Crippen LogP contribution is -2.38. The van der Waals surface area contributed by atoms with Gasteiger partial charge in [-0.1, -0.05) is 11.6 Å². The van der Waals surface area contributed by atoms with Crippen LogP contribution in [0.3, 0.4) is 0 Å². The van der Waals surface area contributed by atoms with Crippen LogP contribution < -0.4 is 5.32 Å². The summed E-state index contributed by atoms with van der Waals surface area (Å²) >= 11 is 6.48. The average Bonchev–Trinajstić information content (AvgIpc) is 3.06. The number of rotatable bonds is 7. The third kappa shape index (κ3) is 3.79. The number of halogens is 1. The molecule has 118 valence electrons. The maximum Gasteiger partial charge on any atom is 0.0860 e. The van der Waals surface area contributed by atoms with Gasteiger partial charge in [-0.15, -0.1) is 0 Å². The summed E-state index contributed by atoms with van der Waals surface area (Å²) in [6.07, 6.45) is 5.42. The highest BCUT2D eigenvalue weighted by atomic mass is 35.5. The van der Waals surface area contributed by atoms with E-state index in [1.54, 1.807) is 0 Å². The van der Waals surface area contributed by atoms with Crippen LogP contribution in [-0.4, -0.2) is 40.4 Å². The van der Waals surface area contributed by atoms with Gasteiger partial charge in [-0.2, -0.15) is 5.10 Å². The van der Waals surface area contributed by atoms with Gasteiger partial charge in [0.05, 0.1) is 16.4 Å². The van der Waals surface area contributed by atoms with Gasteiger partial charge in [0.2, 0.25) is 0 Å². The first kappa shape index (κ1) is 15.3. The van der Waals surface area contributed by atoms with Crippen LogP contribution in [0.25, 0.3) is 0 Å². The van der Waals surface area contributed by atoms with Crippen LogP contribution in [0.2, 0.25) is 5.02 Å². The largest absolute Gasteiger partial charge is 0.313 e. The van der Waals surface area contributed by atoms with Gasteiger partial charge in [0.1, 0.15) is 0 Å². The molecule has 2 fully saturated rings. The molecular weight excluding hydrogens is 284 g/mol. The lowest BCUT2D eigenvalue weighted by molar-refractivity contribution is 0.225. The van der Waals surface area contributed by atoms with Crippen LogP contribution in [0.4, 0.5) is 0 Å². The number of hydrogen-bond donors (Lipinski definition) is 1. The Morgan fingerprint density at radius 1 is 1.33 bits per heavy atom. The highest BCUT2D eigenvalue weighted by molar-refractivity contribution is 6.31. The first-order chi connectivity index (χ1) is 10.2. The molecule has 0 radical (unpaired) electrons. The molecule has 2 aliphatic rings. The van der Waals surface area contributed by atoms with E-state index < -0.39 is 0 Å². The first-order valence-electron chi connectivity index (χ1n) is 8.35. The minimum absolute atomic E-state index is 0.654. The molecule has 5 heteroatoms. The van der Waals surface area contributed by atoms with Crippen LogP contribution in [-0.2, 0) is 13.1 Å². The van der Waals surface area contributed by atoms with E-state index in [0.29, 0.717) is 6.04 Å². The van der Waals surface area contributed by atoms with Gasteiger partial charge in [-0.3, -0.25) is 9.58 Å². The van der Waals surface area contributed by atoms with Crippen molar-refractivity contribution in [3.63, 3.8) is 0 Å². The normalized spacial score (nSPS) is 22.4. The fourth-order valence-electron chi connectivity index (χ4n) is 3.33. The zero-order valence-corrected chi connectivity index (χ0v) is 14.0. The topological polar surface area (TPSA) is 33.1 Å². The van der Waals surface area contributed by atoms with Gasteiger partial charge >= 0.3 is 0 Å². The van der Waals surface area contributed by atoms with E-state index in [9.17, 15) is 0 Å². The van der Waals surface area contributed by atoms with Gasteiger partial charge in [0.15, 0.2) is 0 Å². The fraction of sp³-hybridized carbons (Fsp3) is 0.812. The van der Waals surface area contributed by atoms with Crippen LogP contribution in [0.5, 0.6) is 0 Å². The van der Waals surface area contributed by atoms with E-state index in [1.807, 2.05) is 6.92 Å². The summed E-state index contributed by atoms with van der Waals surface area (Å²) in [6, 6.07) is 0.654. The summed E-state index contributed by atoms with van der Waals surface area (Å²) in [5, 5.41) is 9.03. The second-order valence-electron chi connectivity index (χ2n) is 6.59. The number of nitrogens with zero attached hydrogens (tertiary/aromatic N) is 3. The monoisotopic (exact) mass is 310 g/mol. The first-order valence-corrected chi connectivity index (χ1v) is 8.72. The molecule has 1 saturated carbocycles. The van der Waals surface area contributed by atoms with Crippen molar-refractivity contribution in [1.29, 1.82) is 0 Å². The van der Waals surface area contributed by atoms with Crippen molar-refractivity contribution in [1.82, 2.24) is 20.0 Å². The van der Waals surface area contributed by atoms with Gasteiger partial charge in [-0.25, -0.2) is 0 Å². The second kappa shape index (κ2) is 6.67. The summed E-state index contributed by atoms with van der Waals surface area (Å²) < 4.78 is 2.07. The molecule has 1 aliphatic heterocycles. The molecule has 3 rings (SSSR count).